The first-order valence-corrected chi connectivity index (χ1v) is 17.9. The van der Waals surface area contributed by atoms with E-state index >= 15 is 0 Å². The van der Waals surface area contributed by atoms with Crippen molar-refractivity contribution in [3.05, 3.63) is 87.7 Å². The van der Waals surface area contributed by atoms with E-state index in [2.05, 4.69) is 31.2 Å². The smallest absolute Gasteiger partial charge is 0.407 e. The molecule has 0 spiro atoms. The van der Waals surface area contributed by atoms with Crippen molar-refractivity contribution in [2.45, 2.75) is 72.5 Å². The van der Waals surface area contributed by atoms with Gasteiger partial charge < -0.3 is 43.2 Å². The summed E-state index contributed by atoms with van der Waals surface area (Å²) in [4.78, 5) is 19.3. The summed E-state index contributed by atoms with van der Waals surface area (Å²) in [6.45, 7) is 11.0. The van der Waals surface area contributed by atoms with E-state index < -0.39 is 11.7 Å². The summed E-state index contributed by atoms with van der Waals surface area (Å²) in [6.07, 6.45) is -0.629. The number of aromatic nitrogens is 4. The van der Waals surface area contributed by atoms with Crippen LogP contribution >= 0.6 is 15.9 Å². The number of carbonyl (C=O) groups is 1. The van der Waals surface area contributed by atoms with Gasteiger partial charge in [0.25, 0.3) is 5.88 Å². The number of nitrogens with zero attached hydrogens (tertiary/aromatic N) is 5. The minimum atomic E-state index is -0.570. The molecule has 2 aromatic heterocycles. The first-order chi connectivity index (χ1) is 25.3. The van der Waals surface area contributed by atoms with Crippen molar-refractivity contribution in [2.75, 3.05) is 33.3 Å². The number of amides is 1. The zero-order chi connectivity index (χ0) is 38.3. The first-order valence-electron chi connectivity index (χ1n) is 17.1. The van der Waals surface area contributed by atoms with Crippen LogP contribution in [0.4, 0.5) is 10.6 Å². The number of alkyl carbamates (subject to hydrolysis) is 1. The number of hydrogen-bond donors (Lipinski definition) is 1. The molecule has 0 aliphatic carbocycles. The number of carbonyl (C=O) groups excluding carboxylic acids is 1. The van der Waals surface area contributed by atoms with E-state index in [1.54, 1.807) is 28.4 Å². The molecule has 53 heavy (non-hydrogen) atoms. The number of halogens is 1. The van der Waals surface area contributed by atoms with Crippen molar-refractivity contribution in [3.63, 3.8) is 0 Å². The molecule has 0 radical (unpaired) electrons. The lowest BCUT2D eigenvalue weighted by molar-refractivity contribution is 0.0523. The highest BCUT2D eigenvalue weighted by Gasteiger charge is 2.26. The van der Waals surface area contributed by atoms with Crippen LogP contribution in [0.1, 0.15) is 56.9 Å². The topological polar surface area (TPSA) is 131 Å². The van der Waals surface area contributed by atoms with Crippen LogP contribution in [0, 0.1) is 0 Å². The molecule has 13 nitrogen and oxygen atoms in total. The minimum absolute atomic E-state index is 0.166. The van der Waals surface area contributed by atoms with E-state index in [0.29, 0.717) is 76.6 Å². The molecule has 282 valence electrons. The summed E-state index contributed by atoms with van der Waals surface area (Å²) in [7, 11) is 6.51. The van der Waals surface area contributed by atoms with Crippen molar-refractivity contribution >= 4 is 38.9 Å². The van der Waals surface area contributed by atoms with Crippen LogP contribution in [0.3, 0.4) is 0 Å². The lowest BCUT2D eigenvalue weighted by atomic mass is 10.1. The predicted molar refractivity (Wildman–Crippen MR) is 206 cm³/mol. The number of anilines is 1. The molecular weight excluding hydrogens is 744 g/mol. The van der Waals surface area contributed by atoms with Gasteiger partial charge in [-0.2, -0.15) is 0 Å². The third-order valence-corrected chi connectivity index (χ3v) is 8.73. The summed E-state index contributed by atoms with van der Waals surface area (Å²) in [5.74, 6) is 3.59. The van der Waals surface area contributed by atoms with Gasteiger partial charge in [-0.25, -0.2) is 9.78 Å². The van der Waals surface area contributed by atoms with Crippen LogP contribution in [-0.2, 0) is 30.9 Å². The molecule has 0 aliphatic rings. The van der Waals surface area contributed by atoms with Crippen LogP contribution in [0.25, 0.3) is 11.0 Å². The molecule has 3 aromatic carbocycles. The van der Waals surface area contributed by atoms with Gasteiger partial charge in [0.05, 0.1) is 41.1 Å². The summed E-state index contributed by atoms with van der Waals surface area (Å²) in [5, 5.41) is 12.2. The zero-order valence-electron chi connectivity index (χ0n) is 31.7. The van der Waals surface area contributed by atoms with Crippen molar-refractivity contribution in [2.24, 2.45) is 0 Å². The van der Waals surface area contributed by atoms with Crippen LogP contribution < -0.4 is 33.9 Å². The maximum absolute atomic E-state index is 12.2. The fraction of sp³-hybridized carbons (Fsp3) is 0.385. The Hall–Kier alpha value is -5.24. The van der Waals surface area contributed by atoms with Gasteiger partial charge in [-0.15, -0.1) is 10.2 Å². The van der Waals surface area contributed by atoms with Crippen LogP contribution in [0.15, 0.2) is 65.4 Å². The molecule has 0 atom stereocenters. The van der Waals surface area contributed by atoms with Gasteiger partial charge in [0.2, 0.25) is 0 Å². The maximum atomic E-state index is 12.2. The predicted octanol–water partition coefficient (Wildman–Crippen LogP) is 7.69. The molecule has 0 saturated carbocycles. The van der Waals surface area contributed by atoms with E-state index in [0.717, 1.165) is 22.3 Å². The molecule has 5 rings (SSSR count). The standard InChI is InChI=1S/C39H47BrN6O7/c1-24(2)52-36-34-33(42-37(40)46(34)21-26-12-10-25(11-13-26)20-41-38(47)53-39(3,4)5)35(43-44-36)45(22-27-14-16-29(48-6)18-31(27)50-8)23-28-15-17-30(49-7)19-32(28)51-9/h10-19,24H,20-23H2,1-9H3,(H,41,47). The van der Waals surface area contributed by atoms with Gasteiger partial charge in [0, 0.05) is 42.9 Å². The third-order valence-electron chi connectivity index (χ3n) is 8.13. The number of methoxy groups -OCH3 is 4. The highest BCUT2D eigenvalue weighted by Crippen LogP contribution is 2.37. The Morgan fingerprint density at radius 3 is 1.91 bits per heavy atom. The molecule has 0 bridgehead atoms. The summed E-state index contributed by atoms with van der Waals surface area (Å²) in [5.41, 5.74) is 4.45. The molecule has 0 saturated heterocycles. The fourth-order valence-electron chi connectivity index (χ4n) is 5.66. The van der Waals surface area contributed by atoms with Gasteiger partial charge >= 0.3 is 6.09 Å². The monoisotopic (exact) mass is 790 g/mol. The van der Waals surface area contributed by atoms with Gasteiger partial charge in [-0.3, -0.25) is 0 Å². The summed E-state index contributed by atoms with van der Waals surface area (Å²) in [6, 6.07) is 19.4. The molecule has 2 heterocycles. The van der Waals surface area contributed by atoms with E-state index in [1.807, 2.05) is 99.8 Å². The van der Waals surface area contributed by atoms with Crippen LogP contribution in [-0.4, -0.2) is 66.0 Å². The van der Waals surface area contributed by atoms with Crippen LogP contribution in [0.2, 0.25) is 0 Å². The highest BCUT2D eigenvalue weighted by molar-refractivity contribution is 9.10. The second-order valence-corrected chi connectivity index (χ2v) is 14.3. The van der Waals surface area contributed by atoms with E-state index in [1.165, 1.54) is 0 Å². The quantitative estimate of drug-likeness (QED) is 0.112. The van der Waals surface area contributed by atoms with Crippen molar-refractivity contribution in [1.82, 2.24) is 25.1 Å². The van der Waals surface area contributed by atoms with Gasteiger partial charge in [0.1, 0.15) is 39.6 Å². The molecule has 14 heteroatoms. The Labute approximate surface area is 318 Å². The second kappa shape index (κ2) is 17.1. The second-order valence-electron chi connectivity index (χ2n) is 13.5. The minimum Gasteiger partial charge on any atom is -0.497 e. The molecular formula is C39H47BrN6O7. The molecule has 1 N–H and O–H groups in total. The van der Waals surface area contributed by atoms with Crippen molar-refractivity contribution in [3.8, 4) is 28.9 Å². The Morgan fingerprint density at radius 2 is 1.40 bits per heavy atom. The number of benzene rings is 3. The van der Waals surface area contributed by atoms with E-state index in [9.17, 15) is 4.79 Å². The van der Waals surface area contributed by atoms with Gasteiger partial charge in [0.15, 0.2) is 10.6 Å². The average Bonchev–Trinajstić information content (AvgIpc) is 3.45. The summed E-state index contributed by atoms with van der Waals surface area (Å²) >= 11 is 3.73. The SMILES string of the molecule is COc1ccc(CN(Cc2ccc(OC)cc2OC)c2nnc(OC(C)C)c3c2nc(Br)n3Cc2ccc(CNC(=O)OC(C)(C)C)cc2)c(OC)c1. The Kier molecular flexibility index (Phi) is 12.5. The Balaban J connectivity index is 1.56. The Bertz CT molecular complexity index is 1970. The van der Waals surface area contributed by atoms with E-state index in [4.69, 9.17) is 38.5 Å². The maximum Gasteiger partial charge on any atom is 0.407 e. The first kappa shape index (κ1) is 39.0. The average molecular weight is 792 g/mol. The van der Waals surface area contributed by atoms with Crippen LogP contribution in [0.5, 0.6) is 28.9 Å². The van der Waals surface area contributed by atoms with Gasteiger partial charge in [-0.05, 0) is 85.9 Å². The number of imidazole rings is 1. The van der Waals surface area contributed by atoms with Crippen molar-refractivity contribution in [1.29, 1.82) is 0 Å². The summed E-state index contributed by atoms with van der Waals surface area (Å²) < 4.78 is 36.7. The molecule has 1 amide bonds. The van der Waals surface area contributed by atoms with E-state index in [-0.39, 0.29) is 6.10 Å². The largest absolute Gasteiger partial charge is 0.497 e. The normalized spacial score (nSPS) is 11.4. The number of rotatable bonds is 15. The third kappa shape index (κ3) is 9.80. The lowest BCUT2D eigenvalue weighted by Gasteiger charge is -2.26. The number of fused-ring (bicyclic) bond motifs is 1. The number of nitrogens with one attached hydrogen (secondary N) is 1. The lowest BCUT2D eigenvalue weighted by Crippen LogP contribution is -2.32. The zero-order valence-corrected chi connectivity index (χ0v) is 33.2. The van der Waals surface area contributed by atoms with Gasteiger partial charge in [-0.1, -0.05) is 24.3 Å². The number of hydrogen-bond acceptors (Lipinski definition) is 11. The molecule has 0 unspecified atom stereocenters. The fourth-order valence-corrected chi connectivity index (χ4v) is 6.14. The highest BCUT2D eigenvalue weighted by atomic mass is 79.9. The van der Waals surface area contributed by atoms with Crippen molar-refractivity contribution < 1.29 is 33.2 Å². The molecule has 0 fully saturated rings. The molecule has 5 aromatic rings. The number of ether oxygens (including phenoxy) is 6. The Morgan fingerprint density at radius 1 is 0.830 bits per heavy atom. The molecule has 0 aliphatic heterocycles.